The van der Waals surface area contributed by atoms with Gasteiger partial charge >= 0.3 is 0 Å². The van der Waals surface area contributed by atoms with Gasteiger partial charge < -0.3 is 10.2 Å². The van der Waals surface area contributed by atoms with E-state index in [1.807, 2.05) is 24.3 Å². The van der Waals surface area contributed by atoms with Crippen LogP contribution in [0, 0.1) is 0 Å². The van der Waals surface area contributed by atoms with Crippen molar-refractivity contribution in [3.05, 3.63) is 53.7 Å². The number of hydrazine groups is 1. The van der Waals surface area contributed by atoms with Gasteiger partial charge in [0, 0.05) is 11.8 Å². The van der Waals surface area contributed by atoms with Gasteiger partial charge in [0.15, 0.2) is 0 Å². The van der Waals surface area contributed by atoms with Crippen molar-refractivity contribution >= 4 is 5.82 Å². The molecule has 0 aliphatic heterocycles. The summed E-state index contributed by atoms with van der Waals surface area (Å²) >= 11 is 0. The Hall–Kier alpha value is -2.07. The summed E-state index contributed by atoms with van der Waals surface area (Å²) in [4.78, 5) is 4.14. The largest absolute Gasteiger partial charge is 0.489 e. The SMILES string of the molecule is CCC(C)c1ccc(OCc2ccc(NN)nc2)cc1. The highest BCUT2D eigenvalue weighted by atomic mass is 16.5. The van der Waals surface area contributed by atoms with Crippen LogP contribution in [0.5, 0.6) is 5.75 Å². The van der Waals surface area contributed by atoms with Crippen LogP contribution in [0.3, 0.4) is 0 Å². The van der Waals surface area contributed by atoms with E-state index in [-0.39, 0.29) is 0 Å². The molecule has 4 heteroatoms. The Labute approximate surface area is 120 Å². The summed E-state index contributed by atoms with van der Waals surface area (Å²) in [6.45, 7) is 4.93. The number of nitrogens with zero attached hydrogens (tertiary/aromatic N) is 1. The molecule has 0 aliphatic carbocycles. The Morgan fingerprint density at radius 3 is 2.50 bits per heavy atom. The molecule has 2 rings (SSSR count). The first-order valence-corrected chi connectivity index (χ1v) is 6.87. The number of pyridine rings is 1. The maximum atomic E-state index is 5.74. The van der Waals surface area contributed by atoms with Crippen molar-refractivity contribution in [2.24, 2.45) is 5.84 Å². The molecule has 0 spiro atoms. The second kappa shape index (κ2) is 6.91. The summed E-state index contributed by atoms with van der Waals surface area (Å²) in [5, 5.41) is 0. The van der Waals surface area contributed by atoms with Crippen LogP contribution in [0.2, 0.25) is 0 Å². The average Bonchev–Trinajstić information content (AvgIpc) is 2.53. The van der Waals surface area contributed by atoms with E-state index in [2.05, 4.69) is 36.4 Å². The highest BCUT2D eigenvalue weighted by Crippen LogP contribution is 2.22. The molecule has 0 radical (unpaired) electrons. The van der Waals surface area contributed by atoms with Crippen molar-refractivity contribution < 1.29 is 4.74 Å². The van der Waals surface area contributed by atoms with Gasteiger partial charge in [0.25, 0.3) is 0 Å². The van der Waals surface area contributed by atoms with Crippen LogP contribution in [0.4, 0.5) is 5.82 Å². The van der Waals surface area contributed by atoms with E-state index in [4.69, 9.17) is 10.6 Å². The molecule has 4 nitrogen and oxygen atoms in total. The molecule has 0 saturated heterocycles. The maximum Gasteiger partial charge on any atom is 0.139 e. The molecule has 0 fully saturated rings. The second-order valence-corrected chi connectivity index (χ2v) is 4.86. The molecule has 2 aromatic rings. The summed E-state index contributed by atoms with van der Waals surface area (Å²) in [6, 6.07) is 12.1. The van der Waals surface area contributed by atoms with E-state index in [0.29, 0.717) is 18.3 Å². The Bertz CT molecular complexity index is 522. The Balaban J connectivity index is 1.93. The minimum Gasteiger partial charge on any atom is -0.489 e. The predicted octanol–water partition coefficient (Wildman–Crippen LogP) is 3.46. The molecule has 0 aliphatic rings. The summed E-state index contributed by atoms with van der Waals surface area (Å²) in [6.07, 6.45) is 2.90. The van der Waals surface area contributed by atoms with Gasteiger partial charge in [-0.3, -0.25) is 0 Å². The highest BCUT2D eigenvalue weighted by Gasteiger charge is 2.03. The van der Waals surface area contributed by atoms with Crippen molar-refractivity contribution in [1.82, 2.24) is 4.98 Å². The van der Waals surface area contributed by atoms with Crippen LogP contribution >= 0.6 is 0 Å². The van der Waals surface area contributed by atoms with E-state index in [1.54, 1.807) is 6.20 Å². The van der Waals surface area contributed by atoms with Gasteiger partial charge in [0.05, 0.1) is 0 Å². The number of nitrogens with one attached hydrogen (secondary N) is 1. The lowest BCUT2D eigenvalue weighted by molar-refractivity contribution is 0.305. The van der Waals surface area contributed by atoms with E-state index >= 15 is 0 Å². The molecule has 3 N–H and O–H groups in total. The van der Waals surface area contributed by atoms with Crippen molar-refractivity contribution in [1.29, 1.82) is 0 Å². The zero-order valence-electron chi connectivity index (χ0n) is 12.0. The molecule has 0 saturated carbocycles. The topological polar surface area (TPSA) is 60.2 Å². The lowest BCUT2D eigenvalue weighted by Gasteiger charge is -2.11. The quantitative estimate of drug-likeness (QED) is 0.624. The van der Waals surface area contributed by atoms with Gasteiger partial charge in [-0.05, 0) is 36.1 Å². The van der Waals surface area contributed by atoms with Crippen molar-refractivity contribution in [2.75, 3.05) is 5.43 Å². The molecule has 1 unspecified atom stereocenters. The molecule has 1 aromatic heterocycles. The molecule has 1 heterocycles. The number of benzene rings is 1. The monoisotopic (exact) mass is 271 g/mol. The predicted molar refractivity (Wildman–Crippen MR) is 81.5 cm³/mol. The molecule has 0 bridgehead atoms. The fourth-order valence-corrected chi connectivity index (χ4v) is 1.89. The van der Waals surface area contributed by atoms with E-state index in [0.717, 1.165) is 17.7 Å². The summed E-state index contributed by atoms with van der Waals surface area (Å²) in [7, 11) is 0. The summed E-state index contributed by atoms with van der Waals surface area (Å²) < 4.78 is 5.74. The van der Waals surface area contributed by atoms with E-state index < -0.39 is 0 Å². The molecule has 106 valence electrons. The number of ether oxygens (including phenoxy) is 1. The average molecular weight is 271 g/mol. The first-order valence-electron chi connectivity index (χ1n) is 6.87. The minimum absolute atomic E-state index is 0.501. The standard InChI is InChI=1S/C16H21N3O/c1-3-12(2)14-5-7-15(8-6-14)20-11-13-4-9-16(19-17)18-10-13/h4-10,12H,3,11,17H2,1-2H3,(H,18,19). The Morgan fingerprint density at radius 2 is 1.95 bits per heavy atom. The normalized spacial score (nSPS) is 11.9. The van der Waals surface area contributed by atoms with Crippen LogP contribution < -0.4 is 16.0 Å². The first kappa shape index (κ1) is 14.3. The van der Waals surface area contributed by atoms with Crippen molar-refractivity contribution in [2.45, 2.75) is 32.8 Å². The van der Waals surface area contributed by atoms with Crippen LogP contribution in [0.25, 0.3) is 0 Å². The van der Waals surface area contributed by atoms with Crippen molar-refractivity contribution in [3.8, 4) is 5.75 Å². The Morgan fingerprint density at radius 1 is 1.20 bits per heavy atom. The third-order valence-corrected chi connectivity index (χ3v) is 3.44. The fourth-order valence-electron chi connectivity index (χ4n) is 1.89. The molecule has 20 heavy (non-hydrogen) atoms. The Kier molecular flexibility index (Phi) is 4.96. The number of nitrogen functional groups attached to an aromatic ring is 1. The summed E-state index contributed by atoms with van der Waals surface area (Å²) in [5.41, 5.74) is 4.85. The third kappa shape index (κ3) is 3.71. The minimum atomic E-state index is 0.501. The lowest BCUT2D eigenvalue weighted by Crippen LogP contribution is -2.08. The van der Waals surface area contributed by atoms with Crippen LogP contribution in [0.1, 0.15) is 37.3 Å². The molecule has 1 aromatic carbocycles. The van der Waals surface area contributed by atoms with E-state index in [9.17, 15) is 0 Å². The van der Waals surface area contributed by atoms with Crippen LogP contribution in [-0.2, 0) is 6.61 Å². The van der Waals surface area contributed by atoms with E-state index in [1.165, 1.54) is 5.56 Å². The van der Waals surface area contributed by atoms with Gasteiger partial charge in [-0.25, -0.2) is 10.8 Å². The van der Waals surface area contributed by atoms with Crippen LogP contribution in [0.15, 0.2) is 42.6 Å². The zero-order chi connectivity index (χ0) is 14.4. The molecule has 1 atom stereocenters. The van der Waals surface area contributed by atoms with Gasteiger partial charge in [-0.2, -0.15) is 0 Å². The second-order valence-electron chi connectivity index (χ2n) is 4.86. The molecule has 0 amide bonds. The lowest BCUT2D eigenvalue weighted by atomic mass is 9.99. The number of anilines is 1. The number of aromatic nitrogens is 1. The fraction of sp³-hybridized carbons (Fsp3) is 0.312. The highest BCUT2D eigenvalue weighted by molar-refractivity contribution is 5.34. The number of rotatable bonds is 6. The number of hydrogen-bond donors (Lipinski definition) is 2. The molecular weight excluding hydrogens is 250 g/mol. The zero-order valence-corrected chi connectivity index (χ0v) is 12.0. The number of nitrogens with two attached hydrogens (primary N) is 1. The van der Waals surface area contributed by atoms with Gasteiger partial charge in [-0.15, -0.1) is 0 Å². The van der Waals surface area contributed by atoms with Crippen molar-refractivity contribution in [3.63, 3.8) is 0 Å². The van der Waals surface area contributed by atoms with Gasteiger partial charge in [0.1, 0.15) is 18.2 Å². The van der Waals surface area contributed by atoms with Crippen LogP contribution in [-0.4, -0.2) is 4.98 Å². The van der Waals surface area contributed by atoms with Gasteiger partial charge in [-0.1, -0.05) is 32.0 Å². The smallest absolute Gasteiger partial charge is 0.139 e. The first-order chi connectivity index (χ1) is 9.72. The maximum absolute atomic E-state index is 5.74. The summed E-state index contributed by atoms with van der Waals surface area (Å²) in [5.74, 6) is 7.38. The number of hydrogen-bond acceptors (Lipinski definition) is 4. The van der Waals surface area contributed by atoms with Gasteiger partial charge in [0.2, 0.25) is 0 Å². The molecular formula is C16H21N3O. The third-order valence-electron chi connectivity index (χ3n) is 3.44.